The van der Waals surface area contributed by atoms with Crippen molar-refractivity contribution in [2.45, 2.75) is 26.6 Å². The predicted octanol–water partition coefficient (Wildman–Crippen LogP) is 7.52. The molecule has 1 aromatic heterocycles. The summed E-state index contributed by atoms with van der Waals surface area (Å²) in [6, 6.07) is 26.7. The minimum absolute atomic E-state index is 0.102. The molecule has 7 nitrogen and oxygen atoms in total. The molecule has 0 bridgehead atoms. The SMILES string of the molecule is COc1cc2cc(NCCc3ccc(OCc4ccccc4)c(OCc4ccccc4)c3F)nc(C)c2c(OC)c1OC. The molecule has 43 heavy (non-hydrogen) atoms. The Morgan fingerprint density at radius 3 is 1.98 bits per heavy atom. The van der Waals surface area contributed by atoms with E-state index in [0.29, 0.717) is 54.0 Å². The molecule has 0 saturated carbocycles. The van der Waals surface area contributed by atoms with E-state index in [2.05, 4.69) is 5.32 Å². The van der Waals surface area contributed by atoms with E-state index >= 15 is 4.39 Å². The van der Waals surface area contributed by atoms with Gasteiger partial charge in [0.15, 0.2) is 28.8 Å². The van der Waals surface area contributed by atoms with Gasteiger partial charge in [0.1, 0.15) is 19.0 Å². The molecule has 0 aliphatic carbocycles. The zero-order valence-corrected chi connectivity index (χ0v) is 24.8. The molecule has 1 heterocycles. The largest absolute Gasteiger partial charge is 0.493 e. The monoisotopic (exact) mass is 582 g/mol. The lowest BCUT2D eigenvalue weighted by atomic mass is 10.1. The number of rotatable bonds is 13. The average molecular weight is 583 g/mol. The Labute approximate surface area is 251 Å². The highest BCUT2D eigenvalue weighted by molar-refractivity contribution is 5.96. The van der Waals surface area contributed by atoms with Gasteiger partial charge in [0, 0.05) is 11.9 Å². The van der Waals surface area contributed by atoms with Crippen LogP contribution in [-0.2, 0) is 19.6 Å². The Kier molecular flexibility index (Phi) is 9.46. The Balaban J connectivity index is 1.35. The van der Waals surface area contributed by atoms with Crippen molar-refractivity contribution in [2.75, 3.05) is 33.2 Å². The Hall–Kier alpha value is -4.98. The minimum Gasteiger partial charge on any atom is -0.493 e. The van der Waals surface area contributed by atoms with E-state index in [4.69, 9.17) is 28.7 Å². The molecule has 222 valence electrons. The van der Waals surface area contributed by atoms with Crippen LogP contribution in [0.25, 0.3) is 10.8 Å². The molecule has 0 spiro atoms. The molecule has 0 atom stereocenters. The molecule has 0 fully saturated rings. The van der Waals surface area contributed by atoms with E-state index in [1.807, 2.05) is 79.7 Å². The van der Waals surface area contributed by atoms with Gasteiger partial charge >= 0.3 is 0 Å². The third kappa shape index (κ3) is 6.75. The number of anilines is 1. The number of halogens is 1. The molecule has 1 N–H and O–H groups in total. The molecule has 4 aromatic carbocycles. The maximum absolute atomic E-state index is 15.9. The minimum atomic E-state index is -0.437. The maximum atomic E-state index is 15.9. The van der Waals surface area contributed by atoms with Gasteiger partial charge in [-0.3, -0.25) is 0 Å². The summed E-state index contributed by atoms with van der Waals surface area (Å²) in [5.74, 6) is 2.32. The van der Waals surface area contributed by atoms with E-state index in [0.717, 1.165) is 27.6 Å². The van der Waals surface area contributed by atoms with Gasteiger partial charge < -0.3 is 29.0 Å². The van der Waals surface area contributed by atoms with E-state index in [1.165, 1.54) is 0 Å². The van der Waals surface area contributed by atoms with Gasteiger partial charge in [-0.15, -0.1) is 0 Å². The summed E-state index contributed by atoms with van der Waals surface area (Å²) in [5.41, 5.74) is 3.19. The fourth-order valence-corrected chi connectivity index (χ4v) is 4.98. The van der Waals surface area contributed by atoms with Gasteiger partial charge in [-0.2, -0.15) is 0 Å². The van der Waals surface area contributed by atoms with Gasteiger partial charge in [-0.25, -0.2) is 9.37 Å². The van der Waals surface area contributed by atoms with Crippen LogP contribution in [0.2, 0.25) is 0 Å². The molecule has 5 aromatic rings. The molecular formula is C35H35FN2O5. The highest BCUT2D eigenvalue weighted by atomic mass is 19.1. The number of hydrogen-bond donors (Lipinski definition) is 1. The third-order valence-corrected chi connectivity index (χ3v) is 7.11. The fourth-order valence-electron chi connectivity index (χ4n) is 4.98. The van der Waals surface area contributed by atoms with Crippen LogP contribution in [0.4, 0.5) is 10.2 Å². The van der Waals surface area contributed by atoms with Crippen LogP contribution in [0.15, 0.2) is 84.9 Å². The summed E-state index contributed by atoms with van der Waals surface area (Å²) in [5, 5.41) is 5.05. The van der Waals surface area contributed by atoms with Gasteiger partial charge in [0.2, 0.25) is 5.75 Å². The van der Waals surface area contributed by atoms with Crippen LogP contribution in [0.1, 0.15) is 22.4 Å². The van der Waals surface area contributed by atoms with Crippen LogP contribution in [0.5, 0.6) is 28.7 Å². The van der Waals surface area contributed by atoms with Gasteiger partial charge in [-0.05, 0) is 53.6 Å². The van der Waals surface area contributed by atoms with Crippen LogP contribution in [-0.4, -0.2) is 32.9 Å². The summed E-state index contributed by atoms with van der Waals surface area (Å²) >= 11 is 0. The summed E-state index contributed by atoms with van der Waals surface area (Å²) < 4.78 is 44.6. The normalized spacial score (nSPS) is 10.8. The molecule has 8 heteroatoms. The number of nitrogens with zero attached hydrogens (tertiary/aromatic N) is 1. The molecule has 0 aliphatic rings. The number of aryl methyl sites for hydroxylation is 1. The van der Waals surface area contributed by atoms with E-state index < -0.39 is 5.82 Å². The first-order valence-corrected chi connectivity index (χ1v) is 14.0. The van der Waals surface area contributed by atoms with Crippen molar-refractivity contribution >= 4 is 16.6 Å². The Morgan fingerprint density at radius 1 is 0.698 bits per heavy atom. The van der Waals surface area contributed by atoms with Crippen molar-refractivity contribution in [2.24, 2.45) is 0 Å². The molecule has 0 saturated heterocycles. The topological polar surface area (TPSA) is 71.1 Å². The highest BCUT2D eigenvalue weighted by Crippen LogP contribution is 2.44. The second kappa shape index (κ2) is 13.8. The first-order chi connectivity index (χ1) is 21.0. The molecule has 0 amide bonds. The van der Waals surface area contributed by atoms with Crippen molar-refractivity contribution in [3.05, 3.63) is 113 Å². The van der Waals surface area contributed by atoms with Crippen molar-refractivity contribution in [1.29, 1.82) is 0 Å². The summed E-state index contributed by atoms with van der Waals surface area (Å²) in [6.07, 6.45) is 0.403. The molecule has 0 radical (unpaired) electrons. The number of aromatic nitrogens is 1. The number of pyridine rings is 1. The zero-order chi connectivity index (χ0) is 30.2. The summed E-state index contributed by atoms with van der Waals surface area (Å²) in [4.78, 5) is 4.72. The first-order valence-electron chi connectivity index (χ1n) is 14.0. The first kappa shape index (κ1) is 29.5. The Morgan fingerprint density at radius 2 is 1.35 bits per heavy atom. The lowest BCUT2D eigenvalue weighted by Crippen LogP contribution is -2.10. The number of nitrogens with one attached hydrogen (secondary N) is 1. The second-order valence-electron chi connectivity index (χ2n) is 9.93. The molecule has 0 unspecified atom stereocenters. The van der Waals surface area contributed by atoms with Crippen molar-refractivity contribution < 1.29 is 28.1 Å². The number of ether oxygens (including phenoxy) is 5. The van der Waals surface area contributed by atoms with E-state index in [9.17, 15) is 0 Å². The molecule has 0 aliphatic heterocycles. The lowest BCUT2D eigenvalue weighted by Gasteiger charge is -2.17. The zero-order valence-electron chi connectivity index (χ0n) is 24.8. The Bertz CT molecular complexity index is 1680. The molecular weight excluding hydrogens is 547 g/mol. The standard InChI is InChI=1S/C35H35FN2O5/c1-23-31-27(19-29(39-2)34(40-3)35(31)41-4)20-30(38-23)37-18-17-26-15-16-28(42-21-24-11-7-5-8-12-24)33(32(26)36)43-22-25-13-9-6-10-14-25/h5-16,19-20H,17-18,21-22H2,1-4H3,(H,37,38). The van der Waals surface area contributed by atoms with Crippen LogP contribution in [0.3, 0.4) is 0 Å². The highest BCUT2D eigenvalue weighted by Gasteiger charge is 2.20. The van der Waals surface area contributed by atoms with Crippen molar-refractivity contribution in [3.8, 4) is 28.7 Å². The lowest BCUT2D eigenvalue weighted by molar-refractivity contribution is 0.245. The second-order valence-corrected chi connectivity index (χ2v) is 9.93. The van der Waals surface area contributed by atoms with Crippen LogP contribution < -0.4 is 29.0 Å². The van der Waals surface area contributed by atoms with E-state index in [-0.39, 0.29) is 12.4 Å². The van der Waals surface area contributed by atoms with Crippen molar-refractivity contribution in [1.82, 2.24) is 4.98 Å². The van der Waals surface area contributed by atoms with Gasteiger partial charge in [-0.1, -0.05) is 66.7 Å². The van der Waals surface area contributed by atoms with Crippen LogP contribution >= 0.6 is 0 Å². The van der Waals surface area contributed by atoms with Gasteiger partial charge in [0.05, 0.1) is 27.0 Å². The predicted molar refractivity (Wildman–Crippen MR) is 166 cm³/mol. The molecule has 5 rings (SSSR count). The number of fused-ring (bicyclic) bond motifs is 1. The average Bonchev–Trinajstić information content (AvgIpc) is 3.04. The van der Waals surface area contributed by atoms with Crippen LogP contribution in [0, 0.1) is 12.7 Å². The van der Waals surface area contributed by atoms with E-state index in [1.54, 1.807) is 33.5 Å². The summed E-state index contributed by atoms with van der Waals surface area (Å²) in [6.45, 7) is 2.88. The third-order valence-electron chi connectivity index (χ3n) is 7.11. The number of hydrogen-bond acceptors (Lipinski definition) is 7. The number of methoxy groups -OCH3 is 3. The van der Waals surface area contributed by atoms with Crippen molar-refractivity contribution in [3.63, 3.8) is 0 Å². The smallest absolute Gasteiger partial charge is 0.204 e. The number of benzene rings is 4. The summed E-state index contributed by atoms with van der Waals surface area (Å²) in [7, 11) is 4.75. The van der Waals surface area contributed by atoms with Gasteiger partial charge in [0.25, 0.3) is 0 Å². The fraction of sp³-hybridized carbons (Fsp3) is 0.229. The quantitative estimate of drug-likeness (QED) is 0.154. The maximum Gasteiger partial charge on any atom is 0.204 e.